The number of hydrogen-bond donors (Lipinski definition) is 1. The van der Waals surface area contributed by atoms with E-state index in [4.69, 9.17) is 5.11 Å². The molecular weight excluding hydrogens is 126 g/mol. The molecule has 1 heterocycles. The molecule has 0 amide bonds. The van der Waals surface area contributed by atoms with Crippen LogP contribution in [0.5, 0.6) is 0 Å². The van der Waals surface area contributed by atoms with Crippen molar-refractivity contribution < 1.29 is 5.11 Å². The lowest BCUT2D eigenvalue weighted by Crippen LogP contribution is -2.32. The van der Waals surface area contributed by atoms with Crippen LogP contribution in [0.15, 0.2) is 12.2 Å². The van der Waals surface area contributed by atoms with E-state index >= 15 is 0 Å². The molecule has 2 rings (SSSR count). The summed E-state index contributed by atoms with van der Waals surface area (Å²) in [4.78, 5) is 2.35. The molecule has 1 saturated heterocycles. The normalized spacial score (nSPS) is 37.7. The Hall–Kier alpha value is -0.340. The second kappa shape index (κ2) is 2.36. The number of fused-ring (bicyclic) bond motifs is 2. The first-order chi connectivity index (χ1) is 4.90. The van der Waals surface area contributed by atoms with Gasteiger partial charge in [0.05, 0.1) is 6.61 Å². The third-order valence-electron chi connectivity index (χ3n) is 2.47. The highest BCUT2D eigenvalue weighted by Crippen LogP contribution is 2.30. The summed E-state index contributed by atoms with van der Waals surface area (Å²) < 4.78 is 0. The third kappa shape index (κ3) is 0.879. The number of hydrogen-bond acceptors (Lipinski definition) is 2. The van der Waals surface area contributed by atoms with Crippen molar-refractivity contribution >= 4 is 0 Å². The number of rotatable bonds is 2. The highest BCUT2D eigenvalue weighted by molar-refractivity contribution is 5.12. The minimum Gasteiger partial charge on any atom is -0.395 e. The van der Waals surface area contributed by atoms with Crippen LogP contribution in [0.25, 0.3) is 0 Å². The van der Waals surface area contributed by atoms with Crippen LogP contribution in [-0.4, -0.2) is 35.7 Å². The first-order valence-electron chi connectivity index (χ1n) is 3.93. The Balaban J connectivity index is 1.96. The van der Waals surface area contributed by atoms with Gasteiger partial charge in [0.25, 0.3) is 0 Å². The van der Waals surface area contributed by atoms with Crippen LogP contribution >= 0.6 is 0 Å². The van der Waals surface area contributed by atoms with Gasteiger partial charge in [-0.25, -0.2) is 0 Å². The molecule has 1 aliphatic heterocycles. The summed E-state index contributed by atoms with van der Waals surface area (Å²) in [6.07, 6.45) is 5.86. The molecule has 1 N–H and O–H groups in total. The number of likely N-dealkylation sites (tertiary alicyclic amines) is 1. The van der Waals surface area contributed by atoms with Gasteiger partial charge in [0, 0.05) is 19.1 Å². The van der Waals surface area contributed by atoms with Crippen molar-refractivity contribution in [3.05, 3.63) is 12.2 Å². The second-order valence-electron chi connectivity index (χ2n) is 3.17. The number of aliphatic hydroxyl groups excluding tert-OH is 1. The van der Waals surface area contributed by atoms with E-state index in [9.17, 15) is 0 Å². The fourth-order valence-electron chi connectivity index (χ4n) is 1.98. The molecule has 2 bridgehead atoms. The molecule has 1 fully saturated rings. The molecule has 0 aromatic heterocycles. The smallest absolute Gasteiger partial charge is 0.0558 e. The van der Waals surface area contributed by atoms with Crippen molar-refractivity contribution in [1.29, 1.82) is 0 Å². The van der Waals surface area contributed by atoms with Crippen molar-refractivity contribution in [2.75, 3.05) is 19.7 Å². The van der Waals surface area contributed by atoms with E-state index in [-0.39, 0.29) is 0 Å². The molecule has 2 aliphatic rings. The topological polar surface area (TPSA) is 23.5 Å². The molecule has 0 saturated carbocycles. The first kappa shape index (κ1) is 6.38. The van der Waals surface area contributed by atoms with E-state index in [2.05, 4.69) is 17.1 Å². The van der Waals surface area contributed by atoms with E-state index < -0.39 is 0 Å². The molecule has 2 nitrogen and oxygen atoms in total. The standard InChI is InChI=1S/C8H13NO/c10-4-3-9-6-7-1-2-8(9)5-7/h1-2,7-8,10H,3-6H2/t7-,8-/m0/s1. The van der Waals surface area contributed by atoms with Crippen LogP contribution in [0.2, 0.25) is 0 Å². The molecule has 56 valence electrons. The molecule has 0 unspecified atom stereocenters. The maximum Gasteiger partial charge on any atom is 0.0558 e. The van der Waals surface area contributed by atoms with Gasteiger partial charge in [-0.15, -0.1) is 0 Å². The van der Waals surface area contributed by atoms with Gasteiger partial charge in [-0.1, -0.05) is 12.2 Å². The maximum absolute atomic E-state index is 8.69. The van der Waals surface area contributed by atoms with Gasteiger partial charge in [-0.3, -0.25) is 4.90 Å². The third-order valence-corrected chi connectivity index (χ3v) is 2.47. The molecular formula is C8H13NO. The van der Waals surface area contributed by atoms with Gasteiger partial charge in [0.2, 0.25) is 0 Å². The van der Waals surface area contributed by atoms with Crippen LogP contribution in [0.4, 0.5) is 0 Å². The van der Waals surface area contributed by atoms with Gasteiger partial charge in [-0.2, -0.15) is 0 Å². The molecule has 2 heteroatoms. The van der Waals surface area contributed by atoms with Crippen LogP contribution in [0.1, 0.15) is 6.42 Å². The molecule has 1 aliphatic carbocycles. The summed E-state index contributed by atoms with van der Waals surface area (Å²) in [6, 6.07) is 0.650. The summed E-state index contributed by atoms with van der Waals surface area (Å²) >= 11 is 0. The fraction of sp³-hybridized carbons (Fsp3) is 0.750. The Bertz CT molecular complexity index is 155. The van der Waals surface area contributed by atoms with E-state index in [1.807, 2.05) is 0 Å². The summed E-state index contributed by atoms with van der Waals surface area (Å²) in [5, 5.41) is 8.69. The number of nitrogens with zero attached hydrogens (tertiary/aromatic N) is 1. The summed E-state index contributed by atoms with van der Waals surface area (Å²) in [5.41, 5.74) is 0. The van der Waals surface area contributed by atoms with Crippen molar-refractivity contribution in [2.45, 2.75) is 12.5 Å². The minimum absolute atomic E-state index is 0.303. The van der Waals surface area contributed by atoms with Gasteiger partial charge in [-0.05, 0) is 12.3 Å². The Kier molecular flexibility index (Phi) is 1.51. The van der Waals surface area contributed by atoms with Gasteiger partial charge >= 0.3 is 0 Å². The van der Waals surface area contributed by atoms with E-state index in [1.54, 1.807) is 0 Å². The zero-order chi connectivity index (χ0) is 6.97. The lowest BCUT2D eigenvalue weighted by Gasteiger charge is -2.21. The van der Waals surface area contributed by atoms with Gasteiger partial charge < -0.3 is 5.11 Å². The Morgan fingerprint density at radius 1 is 1.50 bits per heavy atom. The van der Waals surface area contributed by atoms with Crippen molar-refractivity contribution in [3.63, 3.8) is 0 Å². The van der Waals surface area contributed by atoms with Crippen LogP contribution < -0.4 is 0 Å². The van der Waals surface area contributed by atoms with Crippen LogP contribution in [0, 0.1) is 5.92 Å². The largest absolute Gasteiger partial charge is 0.395 e. The highest BCUT2D eigenvalue weighted by atomic mass is 16.3. The zero-order valence-electron chi connectivity index (χ0n) is 6.03. The molecule has 2 atom stereocenters. The molecule has 0 radical (unpaired) electrons. The summed E-state index contributed by atoms with van der Waals surface area (Å²) in [7, 11) is 0. The Morgan fingerprint density at radius 3 is 2.90 bits per heavy atom. The van der Waals surface area contributed by atoms with Crippen molar-refractivity contribution in [3.8, 4) is 0 Å². The van der Waals surface area contributed by atoms with E-state index in [0.29, 0.717) is 12.6 Å². The van der Waals surface area contributed by atoms with Crippen LogP contribution in [0.3, 0.4) is 0 Å². The average molecular weight is 139 g/mol. The van der Waals surface area contributed by atoms with Crippen molar-refractivity contribution in [1.82, 2.24) is 4.90 Å². The Morgan fingerprint density at radius 2 is 2.40 bits per heavy atom. The summed E-state index contributed by atoms with van der Waals surface area (Å²) in [6.45, 7) is 2.32. The second-order valence-corrected chi connectivity index (χ2v) is 3.17. The molecule has 0 aromatic carbocycles. The molecule has 10 heavy (non-hydrogen) atoms. The monoisotopic (exact) mass is 139 g/mol. The average Bonchev–Trinajstić information content (AvgIpc) is 2.48. The molecule has 0 aromatic rings. The maximum atomic E-state index is 8.69. The predicted molar refractivity (Wildman–Crippen MR) is 39.7 cm³/mol. The zero-order valence-corrected chi connectivity index (χ0v) is 6.03. The minimum atomic E-state index is 0.303. The summed E-state index contributed by atoms with van der Waals surface area (Å²) in [5.74, 6) is 0.788. The van der Waals surface area contributed by atoms with E-state index in [0.717, 1.165) is 12.5 Å². The fourth-order valence-corrected chi connectivity index (χ4v) is 1.98. The first-order valence-corrected chi connectivity index (χ1v) is 3.93. The predicted octanol–water partition coefficient (Wildman–Crippen LogP) is 0.239. The lowest BCUT2D eigenvalue weighted by molar-refractivity contribution is 0.197. The Labute approximate surface area is 61.1 Å². The van der Waals surface area contributed by atoms with E-state index in [1.165, 1.54) is 13.0 Å². The lowest BCUT2D eigenvalue weighted by atomic mass is 10.2. The SMILES string of the molecule is OCCN1C[C@H]2C=C[C@H]1C2. The quantitative estimate of drug-likeness (QED) is 0.554. The number of β-amino-alcohol motifs (C(OH)–C–C–N with tert-alkyl or cyclic N) is 1. The molecule has 0 spiro atoms. The number of aliphatic hydroxyl groups is 1. The van der Waals surface area contributed by atoms with Gasteiger partial charge in [0.15, 0.2) is 0 Å². The van der Waals surface area contributed by atoms with Crippen LogP contribution in [-0.2, 0) is 0 Å². The highest BCUT2D eigenvalue weighted by Gasteiger charge is 2.32. The van der Waals surface area contributed by atoms with Crippen molar-refractivity contribution in [2.24, 2.45) is 5.92 Å². The van der Waals surface area contributed by atoms with Gasteiger partial charge in [0.1, 0.15) is 0 Å².